The maximum absolute atomic E-state index is 13.0. The summed E-state index contributed by atoms with van der Waals surface area (Å²) in [5.41, 5.74) is 2.33. The zero-order chi connectivity index (χ0) is 21.2. The molecule has 30 heavy (non-hydrogen) atoms. The van der Waals surface area contributed by atoms with E-state index in [4.69, 9.17) is 0 Å². The van der Waals surface area contributed by atoms with Gasteiger partial charge < -0.3 is 15.4 Å². The number of carbonyl (C=O) groups excluding carboxylic acids is 3. The summed E-state index contributed by atoms with van der Waals surface area (Å²) < 4.78 is 0. The van der Waals surface area contributed by atoms with Gasteiger partial charge in [0.25, 0.3) is 5.91 Å². The first-order valence-electron chi connectivity index (χ1n) is 9.85. The first-order chi connectivity index (χ1) is 14.7. The minimum atomic E-state index is -0.807. The third kappa shape index (κ3) is 6.14. The minimum absolute atomic E-state index is 0.322. The fraction of sp³-hybridized carbons (Fsp3) is 0.160. The number of aldehydes is 1. The molecule has 2 N–H and O–H groups in total. The molecule has 3 aromatic carbocycles. The lowest BCUT2D eigenvalue weighted by atomic mass is 10.0. The summed E-state index contributed by atoms with van der Waals surface area (Å²) in [5, 5.41) is 5.58. The highest BCUT2D eigenvalue weighted by molar-refractivity contribution is 5.97. The van der Waals surface area contributed by atoms with Gasteiger partial charge in [-0.25, -0.2) is 0 Å². The Morgan fingerprint density at radius 1 is 0.700 bits per heavy atom. The van der Waals surface area contributed by atoms with Gasteiger partial charge in [0.05, 0.1) is 6.04 Å². The van der Waals surface area contributed by atoms with Crippen LogP contribution >= 0.6 is 0 Å². The maximum Gasteiger partial charge on any atom is 0.251 e. The van der Waals surface area contributed by atoms with Crippen LogP contribution in [0, 0.1) is 0 Å². The lowest BCUT2D eigenvalue weighted by Gasteiger charge is -2.21. The molecule has 3 rings (SSSR count). The van der Waals surface area contributed by atoms with Crippen LogP contribution in [-0.2, 0) is 22.4 Å². The summed E-state index contributed by atoms with van der Waals surface area (Å²) in [5.74, 6) is -0.728. The van der Waals surface area contributed by atoms with E-state index in [0.29, 0.717) is 18.4 Å². The van der Waals surface area contributed by atoms with Crippen LogP contribution in [0.5, 0.6) is 0 Å². The van der Waals surface area contributed by atoms with E-state index in [1.165, 1.54) is 0 Å². The maximum atomic E-state index is 13.0. The molecule has 0 aromatic heterocycles. The zero-order valence-corrected chi connectivity index (χ0v) is 16.5. The summed E-state index contributed by atoms with van der Waals surface area (Å²) in [6, 6.07) is 26.2. The van der Waals surface area contributed by atoms with E-state index in [1.807, 2.05) is 66.7 Å². The summed E-state index contributed by atoms with van der Waals surface area (Å²) >= 11 is 0. The molecule has 2 atom stereocenters. The summed E-state index contributed by atoms with van der Waals surface area (Å²) in [4.78, 5) is 37.2. The van der Waals surface area contributed by atoms with E-state index >= 15 is 0 Å². The van der Waals surface area contributed by atoms with Crippen molar-refractivity contribution in [1.29, 1.82) is 0 Å². The first-order valence-corrected chi connectivity index (χ1v) is 9.85. The molecule has 152 valence electrons. The predicted octanol–water partition coefficient (Wildman–Crippen LogP) is 2.95. The monoisotopic (exact) mass is 400 g/mol. The van der Waals surface area contributed by atoms with E-state index in [-0.39, 0.29) is 5.91 Å². The highest BCUT2D eigenvalue weighted by Gasteiger charge is 2.24. The molecule has 0 aliphatic rings. The van der Waals surface area contributed by atoms with Crippen molar-refractivity contribution in [1.82, 2.24) is 10.6 Å². The second-order valence-electron chi connectivity index (χ2n) is 7.02. The molecule has 0 radical (unpaired) electrons. The van der Waals surface area contributed by atoms with Crippen LogP contribution in [0.4, 0.5) is 0 Å². The number of hydrogen-bond acceptors (Lipinski definition) is 3. The van der Waals surface area contributed by atoms with Crippen molar-refractivity contribution in [2.75, 3.05) is 0 Å². The molecule has 0 aliphatic heterocycles. The van der Waals surface area contributed by atoms with Crippen molar-refractivity contribution in [3.05, 3.63) is 108 Å². The van der Waals surface area contributed by atoms with Gasteiger partial charge in [0, 0.05) is 12.0 Å². The molecule has 0 heterocycles. The van der Waals surface area contributed by atoms with Crippen LogP contribution in [0.15, 0.2) is 91.0 Å². The molecule has 0 bridgehead atoms. The van der Waals surface area contributed by atoms with Crippen molar-refractivity contribution >= 4 is 18.1 Å². The molecule has 0 saturated carbocycles. The normalized spacial score (nSPS) is 12.4. The van der Waals surface area contributed by atoms with E-state index in [9.17, 15) is 14.4 Å². The largest absolute Gasteiger partial charge is 0.344 e. The number of amides is 2. The number of nitrogens with one attached hydrogen (secondary N) is 2. The highest BCUT2D eigenvalue weighted by atomic mass is 16.2. The SMILES string of the molecule is O=C[C@H](Cc1ccccc1)NC(=O)[C@H](Cc1ccccc1)NC(=O)c1ccccc1. The van der Waals surface area contributed by atoms with Crippen LogP contribution in [-0.4, -0.2) is 30.2 Å². The lowest BCUT2D eigenvalue weighted by molar-refractivity contribution is -0.125. The second kappa shape index (κ2) is 10.7. The Balaban J connectivity index is 1.73. The van der Waals surface area contributed by atoms with Gasteiger partial charge in [0.15, 0.2) is 0 Å². The van der Waals surface area contributed by atoms with Crippen molar-refractivity contribution in [2.24, 2.45) is 0 Å². The predicted molar refractivity (Wildman–Crippen MR) is 116 cm³/mol. The average molecular weight is 400 g/mol. The Morgan fingerprint density at radius 2 is 1.20 bits per heavy atom. The van der Waals surface area contributed by atoms with Crippen LogP contribution in [0.25, 0.3) is 0 Å². The van der Waals surface area contributed by atoms with E-state index in [2.05, 4.69) is 10.6 Å². The number of rotatable bonds is 9. The van der Waals surface area contributed by atoms with Crippen molar-refractivity contribution in [3.63, 3.8) is 0 Å². The Kier molecular flexibility index (Phi) is 7.50. The van der Waals surface area contributed by atoms with Crippen LogP contribution < -0.4 is 10.6 Å². The quantitative estimate of drug-likeness (QED) is 0.542. The lowest BCUT2D eigenvalue weighted by Crippen LogP contribution is -2.51. The Labute approximate surface area is 176 Å². The molecule has 0 aliphatic carbocycles. The Hall–Kier alpha value is -3.73. The molecule has 5 heteroatoms. The summed E-state index contributed by atoms with van der Waals surface area (Å²) in [6.07, 6.45) is 1.44. The van der Waals surface area contributed by atoms with Gasteiger partial charge in [-0.05, 0) is 29.7 Å². The van der Waals surface area contributed by atoms with Gasteiger partial charge in [-0.1, -0.05) is 78.9 Å². The number of hydrogen-bond donors (Lipinski definition) is 2. The first kappa shape index (κ1) is 21.0. The average Bonchev–Trinajstić information content (AvgIpc) is 2.80. The number of benzene rings is 3. The Bertz CT molecular complexity index is 959. The van der Waals surface area contributed by atoms with Crippen LogP contribution in [0.1, 0.15) is 21.5 Å². The molecule has 5 nitrogen and oxygen atoms in total. The summed E-state index contributed by atoms with van der Waals surface area (Å²) in [6.45, 7) is 0. The van der Waals surface area contributed by atoms with Gasteiger partial charge in [-0.3, -0.25) is 9.59 Å². The third-order valence-electron chi connectivity index (χ3n) is 4.73. The van der Waals surface area contributed by atoms with Crippen molar-refractivity contribution in [3.8, 4) is 0 Å². The van der Waals surface area contributed by atoms with E-state index < -0.39 is 18.0 Å². The fourth-order valence-electron chi connectivity index (χ4n) is 3.17. The molecule has 0 fully saturated rings. The van der Waals surface area contributed by atoms with E-state index in [0.717, 1.165) is 17.4 Å². The highest BCUT2D eigenvalue weighted by Crippen LogP contribution is 2.07. The topological polar surface area (TPSA) is 75.3 Å². The smallest absolute Gasteiger partial charge is 0.251 e. The zero-order valence-electron chi connectivity index (χ0n) is 16.5. The standard InChI is InChI=1S/C25H24N2O3/c28-18-22(16-19-10-4-1-5-11-19)26-25(30)23(17-20-12-6-2-7-13-20)27-24(29)21-14-8-3-9-15-21/h1-15,18,22-23H,16-17H2,(H,26,30)(H,27,29)/t22-,23-/m0/s1. The van der Waals surface area contributed by atoms with Gasteiger partial charge in [-0.15, -0.1) is 0 Å². The fourth-order valence-corrected chi connectivity index (χ4v) is 3.17. The van der Waals surface area contributed by atoms with Crippen LogP contribution in [0.2, 0.25) is 0 Å². The Morgan fingerprint density at radius 3 is 1.73 bits per heavy atom. The van der Waals surface area contributed by atoms with Crippen molar-refractivity contribution in [2.45, 2.75) is 24.9 Å². The molecule has 0 unspecified atom stereocenters. The van der Waals surface area contributed by atoms with Gasteiger partial charge >= 0.3 is 0 Å². The van der Waals surface area contributed by atoms with Gasteiger partial charge in [-0.2, -0.15) is 0 Å². The molecule has 2 amide bonds. The number of carbonyl (C=O) groups is 3. The molecule has 0 saturated heterocycles. The van der Waals surface area contributed by atoms with Gasteiger partial charge in [0.1, 0.15) is 12.3 Å². The third-order valence-corrected chi connectivity index (χ3v) is 4.73. The van der Waals surface area contributed by atoms with Crippen LogP contribution in [0.3, 0.4) is 0 Å². The molecular weight excluding hydrogens is 376 g/mol. The van der Waals surface area contributed by atoms with Gasteiger partial charge in [0.2, 0.25) is 5.91 Å². The minimum Gasteiger partial charge on any atom is -0.344 e. The molecular formula is C25H24N2O3. The van der Waals surface area contributed by atoms with E-state index in [1.54, 1.807) is 24.3 Å². The second-order valence-corrected chi connectivity index (χ2v) is 7.02. The molecule has 3 aromatic rings. The molecule has 0 spiro atoms. The van der Waals surface area contributed by atoms with Crippen molar-refractivity contribution < 1.29 is 14.4 Å². The summed E-state index contributed by atoms with van der Waals surface area (Å²) in [7, 11) is 0.